The summed E-state index contributed by atoms with van der Waals surface area (Å²) in [5, 5.41) is 1.30. The number of hydrogen-bond acceptors (Lipinski definition) is 1. The predicted octanol–water partition coefficient (Wildman–Crippen LogP) is 2.71. The van der Waals surface area contributed by atoms with Crippen molar-refractivity contribution < 1.29 is 0 Å². The highest BCUT2D eigenvalue weighted by Gasteiger charge is 2.21. The predicted molar refractivity (Wildman–Crippen MR) is 65.1 cm³/mol. The second-order valence-electron chi connectivity index (χ2n) is 4.84. The fourth-order valence-electron chi connectivity index (χ4n) is 1.90. The Morgan fingerprint density at radius 2 is 2.07 bits per heavy atom. The van der Waals surface area contributed by atoms with Crippen molar-refractivity contribution >= 4 is 10.9 Å². The first kappa shape index (κ1) is 10.2. The van der Waals surface area contributed by atoms with Gasteiger partial charge in [-0.15, -0.1) is 0 Å². The van der Waals surface area contributed by atoms with Crippen molar-refractivity contribution in [2.75, 3.05) is 6.54 Å². The maximum atomic E-state index is 5.81. The number of nitrogens with two attached hydrogens (primary N) is 1. The van der Waals surface area contributed by atoms with Gasteiger partial charge in [0.05, 0.1) is 0 Å². The second-order valence-corrected chi connectivity index (χ2v) is 4.84. The van der Waals surface area contributed by atoms with Crippen LogP contribution in [0.5, 0.6) is 0 Å². The van der Waals surface area contributed by atoms with Gasteiger partial charge in [0.1, 0.15) is 0 Å². The van der Waals surface area contributed by atoms with Gasteiger partial charge in [-0.2, -0.15) is 0 Å². The van der Waals surface area contributed by atoms with E-state index in [2.05, 4.69) is 50.2 Å². The van der Waals surface area contributed by atoms with Gasteiger partial charge in [-0.3, -0.25) is 0 Å². The molecular formula is C13H18N2. The summed E-state index contributed by atoms with van der Waals surface area (Å²) in [6.07, 6.45) is 2.08. The van der Waals surface area contributed by atoms with Gasteiger partial charge in [-0.05, 0) is 24.6 Å². The molecule has 0 fully saturated rings. The molecule has 0 radical (unpaired) electrons. The van der Waals surface area contributed by atoms with E-state index in [-0.39, 0.29) is 5.41 Å². The summed E-state index contributed by atoms with van der Waals surface area (Å²) < 4.78 is 0. The zero-order valence-electron chi connectivity index (χ0n) is 9.59. The van der Waals surface area contributed by atoms with Crippen LogP contribution in [0.3, 0.4) is 0 Å². The van der Waals surface area contributed by atoms with Crippen LogP contribution in [0.1, 0.15) is 25.0 Å². The van der Waals surface area contributed by atoms with Gasteiger partial charge in [0.25, 0.3) is 0 Å². The number of aromatic amines is 1. The summed E-state index contributed by atoms with van der Waals surface area (Å²) in [6, 6.07) is 6.47. The average molecular weight is 202 g/mol. The van der Waals surface area contributed by atoms with E-state index in [1.54, 1.807) is 0 Å². The fourth-order valence-corrected chi connectivity index (χ4v) is 1.90. The van der Waals surface area contributed by atoms with Crippen LogP contribution in [0.4, 0.5) is 0 Å². The molecule has 1 heterocycles. The molecule has 3 N–H and O–H groups in total. The molecule has 80 valence electrons. The lowest BCUT2D eigenvalue weighted by atomic mass is 9.84. The normalized spacial score (nSPS) is 12.3. The van der Waals surface area contributed by atoms with Gasteiger partial charge in [-0.1, -0.05) is 25.5 Å². The average Bonchev–Trinajstić information content (AvgIpc) is 2.61. The number of H-pyrrole nitrogens is 1. The number of benzene rings is 1. The molecule has 2 rings (SSSR count). The van der Waals surface area contributed by atoms with Crippen molar-refractivity contribution in [2.24, 2.45) is 5.73 Å². The number of rotatable bonds is 2. The molecule has 2 heteroatoms. The van der Waals surface area contributed by atoms with Crippen LogP contribution < -0.4 is 5.73 Å². The zero-order chi connectivity index (χ0) is 11.1. The summed E-state index contributed by atoms with van der Waals surface area (Å²) in [6.45, 7) is 7.13. The molecular weight excluding hydrogens is 184 g/mol. The minimum atomic E-state index is 0.0338. The molecule has 0 amide bonds. The number of aryl methyl sites for hydroxylation is 1. The van der Waals surface area contributed by atoms with Crippen LogP contribution in [0.15, 0.2) is 24.4 Å². The monoisotopic (exact) mass is 202 g/mol. The van der Waals surface area contributed by atoms with E-state index >= 15 is 0 Å². The van der Waals surface area contributed by atoms with Gasteiger partial charge in [0.15, 0.2) is 0 Å². The van der Waals surface area contributed by atoms with Gasteiger partial charge in [0, 0.05) is 29.1 Å². The van der Waals surface area contributed by atoms with Crippen molar-refractivity contribution in [1.82, 2.24) is 4.98 Å². The van der Waals surface area contributed by atoms with Gasteiger partial charge in [0.2, 0.25) is 0 Å². The van der Waals surface area contributed by atoms with Crippen molar-refractivity contribution in [3.05, 3.63) is 35.5 Å². The first-order valence-corrected chi connectivity index (χ1v) is 5.33. The smallest absolute Gasteiger partial charge is 0.0457 e. The lowest BCUT2D eigenvalue weighted by Crippen LogP contribution is -2.27. The maximum absolute atomic E-state index is 5.81. The minimum absolute atomic E-state index is 0.0338. The molecule has 0 saturated heterocycles. The molecule has 0 aliphatic carbocycles. The number of aromatic nitrogens is 1. The Kier molecular flexibility index (Phi) is 2.31. The van der Waals surface area contributed by atoms with E-state index in [0.717, 1.165) is 0 Å². The van der Waals surface area contributed by atoms with Crippen LogP contribution in [-0.4, -0.2) is 11.5 Å². The van der Waals surface area contributed by atoms with E-state index < -0.39 is 0 Å². The van der Waals surface area contributed by atoms with Crippen molar-refractivity contribution in [1.29, 1.82) is 0 Å². The standard InChI is InChI=1S/C13H18N2/c1-9-4-5-12-10(6-9)11(7-15-12)13(2,3)8-14/h4-7,15H,8,14H2,1-3H3. The van der Waals surface area contributed by atoms with Crippen molar-refractivity contribution in [3.63, 3.8) is 0 Å². The third kappa shape index (κ3) is 1.65. The number of hydrogen-bond donors (Lipinski definition) is 2. The Hall–Kier alpha value is -1.28. The molecule has 0 bridgehead atoms. The van der Waals surface area contributed by atoms with Crippen LogP contribution in [0, 0.1) is 6.92 Å². The fraction of sp³-hybridized carbons (Fsp3) is 0.385. The Bertz CT molecular complexity index is 480. The van der Waals surface area contributed by atoms with Crippen LogP contribution in [0.2, 0.25) is 0 Å². The zero-order valence-corrected chi connectivity index (χ0v) is 9.59. The summed E-state index contributed by atoms with van der Waals surface area (Å²) in [7, 11) is 0. The Morgan fingerprint density at radius 3 is 2.73 bits per heavy atom. The third-order valence-corrected chi connectivity index (χ3v) is 3.08. The lowest BCUT2D eigenvalue weighted by molar-refractivity contribution is 0.544. The molecule has 1 aromatic heterocycles. The van der Waals surface area contributed by atoms with Crippen molar-refractivity contribution in [3.8, 4) is 0 Å². The van der Waals surface area contributed by atoms with Gasteiger partial charge >= 0.3 is 0 Å². The second kappa shape index (κ2) is 3.38. The molecule has 0 saturated carbocycles. The highest BCUT2D eigenvalue weighted by atomic mass is 14.7. The molecule has 1 aromatic carbocycles. The molecule has 0 atom stereocenters. The first-order chi connectivity index (χ1) is 7.04. The quantitative estimate of drug-likeness (QED) is 0.772. The summed E-state index contributed by atoms with van der Waals surface area (Å²) in [5.41, 5.74) is 9.64. The molecule has 0 spiro atoms. The van der Waals surface area contributed by atoms with Gasteiger partial charge in [-0.25, -0.2) is 0 Å². The Labute approximate surface area is 90.5 Å². The highest BCUT2D eigenvalue weighted by molar-refractivity contribution is 5.84. The van der Waals surface area contributed by atoms with Crippen LogP contribution in [-0.2, 0) is 5.41 Å². The maximum Gasteiger partial charge on any atom is 0.0457 e. The van der Waals surface area contributed by atoms with Crippen molar-refractivity contribution in [2.45, 2.75) is 26.2 Å². The molecule has 0 aliphatic rings. The molecule has 2 aromatic rings. The van der Waals surface area contributed by atoms with E-state index in [0.29, 0.717) is 6.54 Å². The summed E-state index contributed by atoms with van der Waals surface area (Å²) in [4.78, 5) is 3.30. The molecule has 0 aliphatic heterocycles. The Balaban J connectivity index is 2.67. The summed E-state index contributed by atoms with van der Waals surface area (Å²) >= 11 is 0. The first-order valence-electron chi connectivity index (χ1n) is 5.33. The number of fused-ring (bicyclic) bond motifs is 1. The van der Waals surface area contributed by atoms with Crippen LogP contribution in [0.25, 0.3) is 10.9 Å². The molecule has 2 nitrogen and oxygen atoms in total. The topological polar surface area (TPSA) is 41.8 Å². The third-order valence-electron chi connectivity index (χ3n) is 3.08. The SMILES string of the molecule is Cc1ccc2[nH]cc(C(C)(C)CN)c2c1. The highest BCUT2D eigenvalue weighted by Crippen LogP contribution is 2.29. The number of nitrogens with one attached hydrogen (secondary N) is 1. The lowest BCUT2D eigenvalue weighted by Gasteiger charge is -2.21. The minimum Gasteiger partial charge on any atom is -0.361 e. The Morgan fingerprint density at radius 1 is 1.33 bits per heavy atom. The largest absolute Gasteiger partial charge is 0.361 e. The van der Waals surface area contributed by atoms with E-state index in [1.165, 1.54) is 22.0 Å². The summed E-state index contributed by atoms with van der Waals surface area (Å²) in [5.74, 6) is 0. The van der Waals surface area contributed by atoms with E-state index in [4.69, 9.17) is 5.73 Å². The van der Waals surface area contributed by atoms with E-state index in [9.17, 15) is 0 Å². The molecule has 15 heavy (non-hydrogen) atoms. The van der Waals surface area contributed by atoms with Gasteiger partial charge < -0.3 is 10.7 Å². The molecule has 0 unspecified atom stereocenters. The van der Waals surface area contributed by atoms with Crippen LogP contribution >= 0.6 is 0 Å². The van der Waals surface area contributed by atoms with E-state index in [1.807, 2.05) is 0 Å².